The molecule has 34 heavy (non-hydrogen) atoms. The van der Waals surface area contributed by atoms with Crippen molar-refractivity contribution in [2.75, 3.05) is 51.4 Å². The van der Waals surface area contributed by atoms with Crippen molar-refractivity contribution in [2.24, 2.45) is 0 Å². The Kier molecular flexibility index (Phi) is 9.88. The molecule has 2 heterocycles. The van der Waals surface area contributed by atoms with E-state index in [2.05, 4.69) is 18.7 Å². The van der Waals surface area contributed by atoms with Crippen LogP contribution in [0.3, 0.4) is 0 Å². The molecule has 0 saturated carbocycles. The SMILES string of the molecule is COc1ccc(Cl)c2sc(N(CCN3CCOCC3)C(=O)c3cccc(SC(C)C)c3)nc12.Cl. The predicted octanol–water partition coefficient (Wildman–Crippen LogP) is 5.86. The summed E-state index contributed by atoms with van der Waals surface area (Å²) < 4.78 is 11.8. The maximum atomic E-state index is 13.7. The van der Waals surface area contributed by atoms with Crippen molar-refractivity contribution >= 4 is 68.4 Å². The number of ether oxygens (including phenoxy) is 2. The number of benzene rings is 2. The van der Waals surface area contributed by atoms with E-state index in [1.807, 2.05) is 24.3 Å². The van der Waals surface area contributed by atoms with Crippen LogP contribution in [0, 0.1) is 0 Å². The zero-order valence-electron chi connectivity index (χ0n) is 19.5. The molecule has 1 aromatic heterocycles. The molecule has 0 bridgehead atoms. The molecule has 0 atom stereocenters. The molecule has 1 aliphatic heterocycles. The number of hydrogen-bond donors (Lipinski definition) is 0. The van der Waals surface area contributed by atoms with E-state index < -0.39 is 0 Å². The molecular formula is C24H29Cl2N3O3S2. The second-order valence-corrected chi connectivity index (χ2v) is 11.1. The zero-order valence-corrected chi connectivity index (χ0v) is 22.7. The Hall–Kier alpha value is -1.55. The second-order valence-electron chi connectivity index (χ2n) is 8.03. The summed E-state index contributed by atoms with van der Waals surface area (Å²) in [6.45, 7) is 8.73. The summed E-state index contributed by atoms with van der Waals surface area (Å²) in [4.78, 5) is 23.7. The molecular weight excluding hydrogens is 513 g/mol. The molecule has 0 unspecified atom stereocenters. The summed E-state index contributed by atoms with van der Waals surface area (Å²) in [6.07, 6.45) is 0. The Bertz CT molecular complexity index is 1120. The number of morpholine rings is 1. The van der Waals surface area contributed by atoms with E-state index in [9.17, 15) is 4.79 Å². The molecule has 0 spiro atoms. The van der Waals surface area contributed by atoms with Crippen LogP contribution in [0.5, 0.6) is 5.75 Å². The highest BCUT2D eigenvalue weighted by Gasteiger charge is 2.24. The molecule has 1 amide bonds. The van der Waals surface area contributed by atoms with E-state index in [1.165, 1.54) is 11.3 Å². The van der Waals surface area contributed by atoms with Crippen LogP contribution in [-0.2, 0) is 4.74 Å². The Morgan fingerprint density at radius 1 is 1.29 bits per heavy atom. The van der Waals surface area contributed by atoms with Crippen LogP contribution in [0.1, 0.15) is 24.2 Å². The lowest BCUT2D eigenvalue weighted by Gasteiger charge is -2.29. The van der Waals surface area contributed by atoms with Crippen LogP contribution in [0.15, 0.2) is 41.3 Å². The molecule has 0 aliphatic carbocycles. The van der Waals surface area contributed by atoms with Crippen LogP contribution in [0.4, 0.5) is 5.13 Å². The molecule has 6 nitrogen and oxygen atoms in total. The quantitative estimate of drug-likeness (QED) is 0.333. The number of halogens is 2. The number of rotatable bonds is 8. The number of nitrogens with zero attached hydrogens (tertiary/aromatic N) is 3. The fourth-order valence-electron chi connectivity index (χ4n) is 3.70. The number of carbonyl (C=O) groups excluding carboxylic acids is 1. The molecule has 0 radical (unpaired) electrons. The van der Waals surface area contributed by atoms with Gasteiger partial charge in [0.1, 0.15) is 11.3 Å². The summed E-state index contributed by atoms with van der Waals surface area (Å²) in [7, 11) is 1.61. The highest BCUT2D eigenvalue weighted by atomic mass is 35.5. The summed E-state index contributed by atoms with van der Waals surface area (Å²) in [6, 6.07) is 11.4. The van der Waals surface area contributed by atoms with E-state index >= 15 is 0 Å². The average Bonchev–Trinajstić information content (AvgIpc) is 3.26. The number of carbonyl (C=O) groups is 1. The molecule has 184 valence electrons. The third kappa shape index (κ3) is 6.36. The van der Waals surface area contributed by atoms with Crippen LogP contribution in [0.2, 0.25) is 5.02 Å². The smallest absolute Gasteiger partial charge is 0.260 e. The Labute approximate surface area is 220 Å². The maximum absolute atomic E-state index is 13.7. The lowest BCUT2D eigenvalue weighted by Crippen LogP contribution is -2.43. The van der Waals surface area contributed by atoms with Gasteiger partial charge in [-0.3, -0.25) is 14.6 Å². The van der Waals surface area contributed by atoms with E-state index in [0.29, 0.717) is 38.8 Å². The molecule has 1 aliphatic rings. The zero-order chi connectivity index (χ0) is 23.4. The Morgan fingerprint density at radius 2 is 2.06 bits per heavy atom. The van der Waals surface area contributed by atoms with Gasteiger partial charge in [0.05, 0.1) is 30.0 Å². The first kappa shape index (κ1) is 27.0. The van der Waals surface area contributed by atoms with Gasteiger partial charge >= 0.3 is 0 Å². The van der Waals surface area contributed by atoms with E-state index in [1.54, 1.807) is 35.9 Å². The lowest BCUT2D eigenvalue weighted by atomic mass is 10.2. The van der Waals surface area contributed by atoms with Crippen molar-refractivity contribution in [1.29, 1.82) is 0 Å². The third-order valence-corrected chi connectivity index (χ3v) is 7.88. The van der Waals surface area contributed by atoms with Gasteiger partial charge in [0.2, 0.25) is 0 Å². The highest BCUT2D eigenvalue weighted by Crippen LogP contribution is 2.39. The summed E-state index contributed by atoms with van der Waals surface area (Å²) in [5.74, 6) is 0.580. The van der Waals surface area contributed by atoms with Gasteiger partial charge in [0.15, 0.2) is 5.13 Å². The van der Waals surface area contributed by atoms with Crippen molar-refractivity contribution in [3.05, 3.63) is 47.0 Å². The van der Waals surface area contributed by atoms with E-state index in [4.69, 9.17) is 26.1 Å². The minimum atomic E-state index is -0.0661. The van der Waals surface area contributed by atoms with Gasteiger partial charge in [-0.15, -0.1) is 24.2 Å². The second kappa shape index (κ2) is 12.4. The monoisotopic (exact) mass is 541 g/mol. The van der Waals surface area contributed by atoms with Gasteiger partial charge in [-0.05, 0) is 30.3 Å². The molecule has 0 N–H and O–H groups in total. The van der Waals surface area contributed by atoms with Gasteiger partial charge in [0.25, 0.3) is 5.91 Å². The fourth-order valence-corrected chi connectivity index (χ4v) is 5.88. The van der Waals surface area contributed by atoms with Crippen molar-refractivity contribution in [2.45, 2.75) is 24.0 Å². The van der Waals surface area contributed by atoms with Gasteiger partial charge in [0, 0.05) is 41.9 Å². The largest absolute Gasteiger partial charge is 0.494 e. The normalized spacial score (nSPS) is 14.3. The van der Waals surface area contributed by atoms with Crippen LogP contribution in [-0.4, -0.2) is 67.5 Å². The van der Waals surface area contributed by atoms with Crippen molar-refractivity contribution in [3.8, 4) is 5.75 Å². The molecule has 1 saturated heterocycles. The Morgan fingerprint density at radius 3 is 2.76 bits per heavy atom. The third-order valence-electron chi connectivity index (χ3n) is 5.34. The van der Waals surface area contributed by atoms with Gasteiger partial charge < -0.3 is 9.47 Å². The first-order valence-electron chi connectivity index (χ1n) is 11.0. The standard InChI is InChI=1S/C24H28ClN3O3S2.ClH/c1-16(2)32-18-6-4-5-17(15-18)23(29)28(10-9-27-11-13-31-14-12-27)24-26-21-20(30-3)8-7-19(25)22(21)33-24;/h4-8,15-16H,9-14H2,1-3H3;1H. The van der Waals surface area contributed by atoms with E-state index in [0.717, 1.165) is 42.4 Å². The number of aromatic nitrogens is 1. The number of amides is 1. The average molecular weight is 543 g/mol. The van der Waals surface area contributed by atoms with Crippen LogP contribution >= 0.6 is 47.1 Å². The number of methoxy groups -OCH3 is 1. The van der Waals surface area contributed by atoms with Gasteiger partial charge in [-0.25, -0.2) is 4.98 Å². The van der Waals surface area contributed by atoms with E-state index in [-0.39, 0.29) is 18.3 Å². The topological polar surface area (TPSA) is 54.9 Å². The number of anilines is 1. The number of fused-ring (bicyclic) bond motifs is 1. The molecule has 10 heteroatoms. The minimum absolute atomic E-state index is 0. The molecule has 4 rings (SSSR count). The lowest BCUT2D eigenvalue weighted by molar-refractivity contribution is 0.0391. The number of hydrogen-bond acceptors (Lipinski definition) is 7. The van der Waals surface area contributed by atoms with Gasteiger partial charge in [-0.2, -0.15) is 0 Å². The molecule has 1 fully saturated rings. The first-order chi connectivity index (χ1) is 16.0. The summed E-state index contributed by atoms with van der Waals surface area (Å²) in [5.41, 5.74) is 1.33. The number of thiazole rings is 1. The summed E-state index contributed by atoms with van der Waals surface area (Å²) >= 11 is 9.62. The minimum Gasteiger partial charge on any atom is -0.494 e. The van der Waals surface area contributed by atoms with Crippen molar-refractivity contribution < 1.29 is 14.3 Å². The first-order valence-corrected chi connectivity index (χ1v) is 13.1. The maximum Gasteiger partial charge on any atom is 0.260 e. The molecule has 2 aromatic carbocycles. The van der Waals surface area contributed by atoms with Crippen molar-refractivity contribution in [3.63, 3.8) is 0 Å². The summed E-state index contributed by atoms with van der Waals surface area (Å²) in [5, 5.41) is 1.66. The highest BCUT2D eigenvalue weighted by molar-refractivity contribution is 7.99. The predicted molar refractivity (Wildman–Crippen MR) is 145 cm³/mol. The number of thioether (sulfide) groups is 1. The Balaban J connectivity index is 0.00000324. The fraction of sp³-hybridized carbons (Fsp3) is 0.417. The van der Waals surface area contributed by atoms with Crippen LogP contribution in [0.25, 0.3) is 10.2 Å². The molecule has 3 aromatic rings. The van der Waals surface area contributed by atoms with Gasteiger partial charge in [-0.1, -0.05) is 42.9 Å². The van der Waals surface area contributed by atoms with Crippen LogP contribution < -0.4 is 9.64 Å². The van der Waals surface area contributed by atoms with Crippen molar-refractivity contribution in [1.82, 2.24) is 9.88 Å².